The second-order valence-corrected chi connectivity index (χ2v) is 8.03. The van der Waals surface area contributed by atoms with Crippen molar-refractivity contribution in [3.8, 4) is 23.8 Å². The molecule has 3 aromatic rings. The van der Waals surface area contributed by atoms with E-state index in [0.29, 0.717) is 21.2 Å². The van der Waals surface area contributed by atoms with Crippen molar-refractivity contribution in [2.75, 3.05) is 13.2 Å². The number of rotatable bonds is 8. The summed E-state index contributed by atoms with van der Waals surface area (Å²) in [7, 11) is 0. The van der Waals surface area contributed by atoms with Crippen molar-refractivity contribution in [1.82, 2.24) is 14.8 Å². The molecule has 0 unspecified atom stereocenters. The van der Waals surface area contributed by atoms with E-state index in [-0.39, 0.29) is 18.1 Å². The number of thioether (sulfide) groups is 1. The van der Waals surface area contributed by atoms with Crippen LogP contribution in [0.5, 0.6) is 5.75 Å². The van der Waals surface area contributed by atoms with Gasteiger partial charge in [-0.15, -0.1) is 16.6 Å². The molecule has 0 spiro atoms. The van der Waals surface area contributed by atoms with Crippen LogP contribution in [0.3, 0.4) is 0 Å². The smallest absolute Gasteiger partial charge is 0.220 e. The fourth-order valence-corrected chi connectivity index (χ4v) is 4.40. The third-order valence-electron chi connectivity index (χ3n) is 4.01. The molecule has 2 aromatic carbocycles. The summed E-state index contributed by atoms with van der Waals surface area (Å²) < 4.78 is 8.02. The molecule has 148 valence electrons. The topological polar surface area (TPSA) is 83.1 Å². The molecule has 0 radical (unpaired) electrons. The van der Waals surface area contributed by atoms with Crippen molar-refractivity contribution in [3.63, 3.8) is 0 Å². The van der Waals surface area contributed by atoms with Gasteiger partial charge in [0.2, 0.25) is 6.54 Å². The summed E-state index contributed by atoms with van der Waals surface area (Å²) in [6.45, 7) is 1.73. The second kappa shape index (κ2) is 9.58. The Balaban J connectivity index is 1.93. The highest BCUT2D eigenvalue weighted by molar-refractivity contribution is 9.10. The first kappa shape index (κ1) is 20.9. The van der Waals surface area contributed by atoms with Gasteiger partial charge in [0.15, 0.2) is 5.16 Å². The molecular formula is C20H17BrN4O3S. The Morgan fingerprint density at radius 1 is 1.31 bits per heavy atom. The minimum atomic E-state index is -0.464. The van der Waals surface area contributed by atoms with Crippen LogP contribution in [0.15, 0.2) is 58.2 Å². The lowest BCUT2D eigenvalue weighted by molar-refractivity contribution is -0.479. The molecule has 0 aliphatic heterocycles. The van der Waals surface area contributed by atoms with Crippen molar-refractivity contribution in [2.45, 2.75) is 17.3 Å². The highest BCUT2D eigenvalue weighted by Gasteiger charge is 2.24. The van der Waals surface area contributed by atoms with Gasteiger partial charge in [-0.2, -0.15) is 0 Å². The fourth-order valence-electron chi connectivity index (χ4n) is 2.72. The molecule has 0 aliphatic carbocycles. The van der Waals surface area contributed by atoms with Crippen LogP contribution in [0.1, 0.15) is 16.6 Å². The van der Waals surface area contributed by atoms with E-state index in [2.05, 4.69) is 32.0 Å². The second-order valence-electron chi connectivity index (χ2n) is 6.01. The number of halogens is 1. The third kappa shape index (κ3) is 5.16. The summed E-state index contributed by atoms with van der Waals surface area (Å²) in [4.78, 5) is 11.0. The molecule has 0 bridgehead atoms. The molecule has 0 N–H and O–H groups in total. The number of nitrogens with zero attached hydrogens (tertiary/aromatic N) is 4. The lowest BCUT2D eigenvalue weighted by Crippen LogP contribution is -2.11. The number of aryl methyl sites for hydroxylation is 1. The first-order valence-electron chi connectivity index (χ1n) is 8.61. The van der Waals surface area contributed by atoms with E-state index >= 15 is 0 Å². The van der Waals surface area contributed by atoms with Crippen LogP contribution in [0.4, 0.5) is 0 Å². The summed E-state index contributed by atoms with van der Waals surface area (Å²) in [6, 6.07) is 15.0. The van der Waals surface area contributed by atoms with Gasteiger partial charge in [0.1, 0.15) is 23.4 Å². The van der Waals surface area contributed by atoms with Crippen molar-refractivity contribution < 1.29 is 9.66 Å². The maximum Gasteiger partial charge on any atom is 0.220 e. The Morgan fingerprint density at radius 2 is 2.07 bits per heavy atom. The number of para-hydroxylation sites is 1. The number of aromatic nitrogens is 3. The Hall–Kier alpha value is -2.83. The van der Waals surface area contributed by atoms with Crippen molar-refractivity contribution >= 4 is 27.7 Å². The SMILES string of the molecule is C#CCOc1ccc([C@@H](C[N+](=O)[O-])Sc2nnc(C)n2-c2ccccc2)cc1Br. The molecule has 29 heavy (non-hydrogen) atoms. The molecule has 0 saturated carbocycles. The molecule has 9 heteroatoms. The number of ether oxygens (including phenoxy) is 1. The fraction of sp³-hybridized carbons (Fsp3) is 0.200. The highest BCUT2D eigenvalue weighted by atomic mass is 79.9. The number of terminal acetylenes is 1. The monoisotopic (exact) mass is 472 g/mol. The lowest BCUT2D eigenvalue weighted by Gasteiger charge is -2.15. The normalized spacial score (nSPS) is 11.6. The van der Waals surface area contributed by atoms with Gasteiger partial charge >= 0.3 is 0 Å². The Kier molecular flexibility index (Phi) is 6.90. The van der Waals surface area contributed by atoms with Gasteiger partial charge < -0.3 is 4.74 Å². The average Bonchev–Trinajstić information content (AvgIpc) is 3.07. The van der Waals surface area contributed by atoms with Gasteiger partial charge in [0.25, 0.3) is 0 Å². The summed E-state index contributed by atoms with van der Waals surface area (Å²) in [5.74, 6) is 3.70. The van der Waals surface area contributed by atoms with Crippen molar-refractivity contribution in [1.29, 1.82) is 0 Å². The standard InChI is InChI=1S/C20H17BrN4O3S/c1-3-11-28-18-10-9-15(12-17(18)21)19(13-24(26)27)29-20-23-22-14(2)25(20)16-7-5-4-6-8-16/h1,4-10,12,19H,11,13H2,2H3/t19-/m1/s1. The molecule has 0 aliphatic rings. The Morgan fingerprint density at radius 3 is 2.72 bits per heavy atom. The molecule has 0 amide bonds. The molecule has 1 atom stereocenters. The van der Waals surface area contributed by atoms with Crippen LogP contribution in [-0.4, -0.2) is 32.8 Å². The third-order valence-corrected chi connectivity index (χ3v) is 5.81. The quantitative estimate of drug-likeness (QED) is 0.208. The molecule has 1 heterocycles. The van der Waals surface area contributed by atoms with Gasteiger partial charge in [-0.05, 0) is 52.7 Å². The highest BCUT2D eigenvalue weighted by Crippen LogP contribution is 2.38. The summed E-state index contributed by atoms with van der Waals surface area (Å²) >= 11 is 4.75. The van der Waals surface area contributed by atoms with Gasteiger partial charge in [0, 0.05) is 10.6 Å². The van der Waals surface area contributed by atoms with Crippen LogP contribution in [0.25, 0.3) is 5.69 Å². The maximum atomic E-state index is 11.3. The number of hydrogen-bond acceptors (Lipinski definition) is 6. The van der Waals surface area contributed by atoms with Gasteiger partial charge in [0.05, 0.1) is 4.47 Å². The van der Waals surface area contributed by atoms with Crippen LogP contribution in [0.2, 0.25) is 0 Å². The first-order valence-corrected chi connectivity index (χ1v) is 10.3. The van der Waals surface area contributed by atoms with Gasteiger partial charge in [-0.3, -0.25) is 14.7 Å². The minimum absolute atomic E-state index is 0.143. The first-order chi connectivity index (χ1) is 14.0. The van der Waals surface area contributed by atoms with Crippen LogP contribution < -0.4 is 4.74 Å². The summed E-state index contributed by atoms with van der Waals surface area (Å²) in [5, 5.41) is 19.8. The van der Waals surface area contributed by atoms with Crippen LogP contribution in [-0.2, 0) is 0 Å². The van der Waals surface area contributed by atoms with E-state index in [1.165, 1.54) is 11.8 Å². The molecule has 1 aromatic heterocycles. The van der Waals surface area contributed by atoms with E-state index < -0.39 is 5.25 Å². The van der Waals surface area contributed by atoms with E-state index in [1.807, 2.05) is 47.9 Å². The van der Waals surface area contributed by atoms with Crippen molar-refractivity contribution in [3.05, 3.63) is 74.5 Å². The lowest BCUT2D eigenvalue weighted by atomic mass is 10.1. The predicted molar refractivity (Wildman–Crippen MR) is 115 cm³/mol. The zero-order valence-corrected chi connectivity index (χ0v) is 17.9. The molecule has 0 fully saturated rings. The number of hydrogen-bond donors (Lipinski definition) is 0. The van der Waals surface area contributed by atoms with E-state index in [4.69, 9.17) is 11.2 Å². The van der Waals surface area contributed by atoms with E-state index in [9.17, 15) is 10.1 Å². The van der Waals surface area contributed by atoms with E-state index in [0.717, 1.165) is 11.3 Å². The van der Waals surface area contributed by atoms with Crippen molar-refractivity contribution in [2.24, 2.45) is 0 Å². The summed E-state index contributed by atoms with van der Waals surface area (Å²) in [6.07, 6.45) is 5.23. The predicted octanol–water partition coefficient (Wildman–Crippen LogP) is 4.46. The minimum Gasteiger partial charge on any atom is -0.480 e. The number of nitro groups is 1. The molecule has 0 saturated heterocycles. The average molecular weight is 473 g/mol. The van der Waals surface area contributed by atoms with Crippen LogP contribution >= 0.6 is 27.7 Å². The van der Waals surface area contributed by atoms with Gasteiger partial charge in [-0.25, -0.2) is 0 Å². The zero-order valence-electron chi connectivity index (χ0n) is 15.5. The van der Waals surface area contributed by atoms with Gasteiger partial charge in [-0.1, -0.05) is 41.9 Å². The summed E-state index contributed by atoms with van der Waals surface area (Å²) in [5.41, 5.74) is 1.67. The Bertz CT molecular complexity index is 1050. The molecule has 7 nitrogen and oxygen atoms in total. The number of benzene rings is 2. The van der Waals surface area contributed by atoms with Crippen LogP contribution in [0, 0.1) is 29.4 Å². The molecule has 3 rings (SSSR count). The Labute approximate surface area is 180 Å². The van der Waals surface area contributed by atoms with E-state index in [1.54, 1.807) is 12.1 Å². The zero-order chi connectivity index (χ0) is 20.8. The maximum absolute atomic E-state index is 11.3. The molecular weight excluding hydrogens is 456 g/mol. The largest absolute Gasteiger partial charge is 0.480 e.